The van der Waals surface area contributed by atoms with E-state index in [1.54, 1.807) is 0 Å². The van der Waals surface area contributed by atoms with E-state index in [2.05, 4.69) is 21.2 Å². The number of carboxylic acids is 1. The van der Waals surface area contributed by atoms with Crippen molar-refractivity contribution in [1.82, 2.24) is 10.2 Å². The topological polar surface area (TPSA) is 69.6 Å². The summed E-state index contributed by atoms with van der Waals surface area (Å²) in [5, 5.41) is 11.6. The number of piperazine rings is 1. The molecule has 19 heavy (non-hydrogen) atoms. The molecule has 6 heteroatoms. The Labute approximate surface area is 119 Å². The maximum atomic E-state index is 11.8. The van der Waals surface area contributed by atoms with Crippen LogP contribution in [0.4, 0.5) is 0 Å². The number of aliphatic carboxylic acids is 1. The minimum atomic E-state index is -0.959. The Hall–Kier alpha value is -1.40. The fourth-order valence-electron chi connectivity index (χ4n) is 2.18. The van der Waals surface area contributed by atoms with Crippen LogP contribution in [-0.4, -0.2) is 41.0 Å². The third-order valence-electron chi connectivity index (χ3n) is 3.14. The lowest BCUT2D eigenvalue weighted by molar-refractivity contribution is -0.143. The Balaban J connectivity index is 2.14. The lowest BCUT2D eigenvalue weighted by Crippen LogP contribution is -2.55. The monoisotopic (exact) mass is 326 g/mol. The molecular formula is C13H15BrN2O3. The molecule has 0 spiro atoms. The summed E-state index contributed by atoms with van der Waals surface area (Å²) < 4.78 is 0.968. The van der Waals surface area contributed by atoms with Crippen LogP contribution in [0.25, 0.3) is 0 Å². The number of hydrogen-bond donors (Lipinski definition) is 2. The van der Waals surface area contributed by atoms with E-state index in [9.17, 15) is 9.59 Å². The number of carbonyl (C=O) groups is 2. The molecule has 1 fully saturated rings. The minimum absolute atomic E-state index is 0.170. The van der Waals surface area contributed by atoms with Gasteiger partial charge in [-0.15, -0.1) is 0 Å². The molecule has 2 rings (SSSR count). The Bertz CT molecular complexity index is 493. The van der Waals surface area contributed by atoms with E-state index in [1.165, 1.54) is 0 Å². The van der Waals surface area contributed by atoms with Gasteiger partial charge < -0.3 is 10.4 Å². The Morgan fingerprint density at radius 2 is 2.21 bits per heavy atom. The molecule has 1 aliphatic rings. The molecule has 1 aromatic rings. The van der Waals surface area contributed by atoms with Gasteiger partial charge in [-0.1, -0.05) is 34.1 Å². The number of benzene rings is 1. The molecule has 2 N–H and O–H groups in total. The molecule has 0 saturated carbocycles. The average molecular weight is 327 g/mol. The zero-order valence-electron chi connectivity index (χ0n) is 10.3. The molecule has 1 saturated heterocycles. The molecule has 1 heterocycles. The van der Waals surface area contributed by atoms with E-state index >= 15 is 0 Å². The Morgan fingerprint density at radius 1 is 1.47 bits per heavy atom. The fourth-order valence-corrected chi connectivity index (χ4v) is 2.59. The maximum Gasteiger partial charge on any atom is 0.305 e. The third-order valence-corrected chi connectivity index (χ3v) is 3.91. The number of rotatable bonds is 4. The number of amides is 1. The average Bonchev–Trinajstić information content (AvgIpc) is 2.36. The SMILES string of the molecule is O=C(O)CC1C(=O)NCCN1Cc1ccccc1Br. The van der Waals surface area contributed by atoms with Crippen LogP contribution >= 0.6 is 15.9 Å². The first kappa shape index (κ1) is 14.0. The van der Waals surface area contributed by atoms with Crippen LogP contribution in [0.3, 0.4) is 0 Å². The second-order valence-electron chi connectivity index (χ2n) is 4.47. The fraction of sp³-hybridized carbons (Fsp3) is 0.385. The molecule has 1 unspecified atom stereocenters. The van der Waals surface area contributed by atoms with Gasteiger partial charge in [0, 0.05) is 24.1 Å². The molecule has 1 atom stereocenters. The van der Waals surface area contributed by atoms with Crippen LogP contribution in [0.1, 0.15) is 12.0 Å². The lowest BCUT2D eigenvalue weighted by Gasteiger charge is -2.34. The van der Waals surface area contributed by atoms with Crippen molar-refractivity contribution in [3.63, 3.8) is 0 Å². The Kier molecular flexibility index (Phi) is 4.55. The summed E-state index contributed by atoms with van der Waals surface area (Å²) in [7, 11) is 0. The van der Waals surface area contributed by atoms with Gasteiger partial charge in [-0.05, 0) is 11.6 Å². The van der Waals surface area contributed by atoms with Crippen molar-refractivity contribution in [2.45, 2.75) is 19.0 Å². The van der Waals surface area contributed by atoms with Gasteiger partial charge in [-0.25, -0.2) is 0 Å². The summed E-state index contributed by atoms with van der Waals surface area (Å²) in [5.74, 6) is -1.17. The number of hydrogen-bond acceptors (Lipinski definition) is 3. The first-order valence-corrected chi connectivity index (χ1v) is 6.84. The summed E-state index contributed by atoms with van der Waals surface area (Å²) in [6.45, 7) is 1.78. The highest BCUT2D eigenvalue weighted by molar-refractivity contribution is 9.10. The number of nitrogens with one attached hydrogen (secondary N) is 1. The summed E-state index contributed by atoms with van der Waals surface area (Å²) in [4.78, 5) is 24.6. The lowest BCUT2D eigenvalue weighted by atomic mass is 10.1. The van der Waals surface area contributed by atoms with Crippen LogP contribution in [-0.2, 0) is 16.1 Å². The zero-order chi connectivity index (χ0) is 13.8. The van der Waals surface area contributed by atoms with Gasteiger partial charge in [-0.3, -0.25) is 14.5 Å². The van der Waals surface area contributed by atoms with E-state index in [0.29, 0.717) is 19.6 Å². The highest BCUT2D eigenvalue weighted by atomic mass is 79.9. The minimum Gasteiger partial charge on any atom is -0.481 e. The van der Waals surface area contributed by atoms with Crippen molar-refractivity contribution in [3.05, 3.63) is 34.3 Å². The van der Waals surface area contributed by atoms with E-state index in [1.807, 2.05) is 29.2 Å². The standard InChI is InChI=1S/C13H15BrN2O3/c14-10-4-2-1-3-9(10)8-16-6-5-15-13(19)11(16)7-12(17)18/h1-4,11H,5-8H2,(H,15,19)(H,17,18). The Morgan fingerprint density at radius 3 is 2.89 bits per heavy atom. The molecule has 0 aliphatic carbocycles. The molecule has 5 nitrogen and oxygen atoms in total. The maximum absolute atomic E-state index is 11.8. The largest absolute Gasteiger partial charge is 0.481 e. The number of halogens is 1. The molecule has 0 bridgehead atoms. The molecule has 1 amide bonds. The van der Waals surface area contributed by atoms with E-state index in [4.69, 9.17) is 5.11 Å². The molecule has 0 radical (unpaired) electrons. The van der Waals surface area contributed by atoms with Crippen LogP contribution in [0.2, 0.25) is 0 Å². The third kappa shape index (κ3) is 3.54. The van der Waals surface area contributed by atoms with Gasteiger partial charge in [0.1, 0.15) is 6.04 Å². The van der Waals surface area contributed by atoms with Gasteiger partial charge in [0.2, 0.25) is 5.91 Å². The first-order valence-electron chi connectivity index (χ1n) is 6.05. The number of nitrogens with zero attached hydrogens (tertiary/aromatic N) is 1. The molecule has 1 aromatic carbocycles. The van der Waals surface area contributed by atoms with Crippen LogP contribution < -0.4 is 5.32 Å². The summed E-state index contributed by atoms with van der Waals surface area (Å²) in [5.41, 5.74) is 1.05. The van der Waals surface area contributed by atoms with Crippen molar-refractivity contribution in [2.24, 2.45) is 0 Å². The summed E-state index contributed by atoms with van der Waals surface area (Å²) >= 11 is 3.47. The van der Waals surface area contributed by atoms with E-state index < -0.39 is 12.0 Å². The van der Waals surface area contributed by atoms with Crippen LogP contribution in [0.15, 0.2) is 28.7 Å². The zero-order valence-corrected chi connectivity index (χ0v) is 11.9. The highest BCUT2D eigenvalue weighted by Crippen LogP contribution is 2.20. The van der Waals surface area contributed by atoms with Crippen molar-refractivity contribution in [3.8, 4) is 0 Å². The van der Waals surface area contributed by atoms with Crippen molar-refractivity contribution < 1.29 is 14.7 Å². The quantitative estimate of drug-likeness (QED) is 0.873. The normalized spacial score (nSPS) is 20.1. The number of carbonyl (C=O) groups excluding carboxylic acids is 1. The predicted octanol–water partition coefficient (Wildman–Crippen LogP) is 1.22. The van der Waals surface area contributed by atoms with Gasteiger partial charge in [0.25, 0.3) is 0 Å². The first-order chi connectivity index (χ1) is 9.08. The van der Waals surface area contributed by atoms with Gasteiger partial charge in [0.15, 0.2) is 0 Å². The van der Waals surface area contributed by atoms with Crippen molar-refractivity contribution in [2.75, 3.05) is 13.1 Å². The summed E-state index contributed by atoms with van der Waals surface area (Å²) in [6, 6.07) is 7.15. The predicted molar refractivity (Wildman–Crippen MR) is 73.6 cm³/mol. The second-order valence-corrected chi connectivity index (χ2v) is 5.32. The van der Waals surface area contributed by atoms with Crippen LogP contribution in [0.5, 0.6) is 0 Å². The summed E-state index contributed by atoms with van der Waals surface area (Å²) in [6.07, 6.45) is -0.170. The molecule has 102 valence electrons. The number of carboxylic acid groups (broad SMARTS) is 1. The van der Waals surface area contributed by atoms with Gasteiger partial charge in [0.05, 0.1) is 6.42 Å². The smallest absolute Gasteiger partial charge is 0.305 e. The molecule has 1 aliphatic heterocycles. The van der Waals surface area contributed by atoms with E-state index in [0.717, 1.165) is 10.0 Å². The molecular weight excluding hydrogens is 312 g/mol. The molecule has 0 aromatic heterocycles. The van der Waals surface area contributed by atoms with Crippen molar-refractivity contribution in [1.29, 1.82) is 0 Å². The van der Waals surface area contributed by atoms with Crippen molar-refractivity contribution >= 4 is 27.8 Å². The van der Waals surface area contributed by atoms with Crippen LogP contribution in [0, 0.1) is 0 Å². The van der Waals surface area contributed by atoms with E-state index in [-0.39, 0.29) is 12.3 Å². The second kappa shape index (κ2) is 6.16. The van der Waals surface area contributed by atoms with Gasteiger partial charge >= 0.3 is 5.97 Å². The highest BCUT2D eigenvalue weighted by Gasteiger charge is 2.31. The van der Waals surface area contributed by atoms with Gasteiger partial charge in [-0.2, -0.15) is 0 Å².